The van der Waals surface area contributed by atoms with Gasteiger partial charge in [0.25, 0.3) is 0 Å². The number of carbonyl (C=O) groups is 1. The first kappa shape index (κ1) is 12.1. The van der Waals surface area contributed by atoms with Crippen molar-refractivity contribution in [2.24, 2.45) is 0 Å². The van der Waals surface area contributed by atoms with Gasteiger partial charge >= 0.3 is 0 Å². The molecule has 0 bridgehead atoms. The molecule has 0 fully saturated rings. The third-order valence-corrected chi connectivity index (χ3v) is 3.75. The van der Waals surface area contributed by atoms with Crippen LogP contribution in [0.2, 0.25) is 0 Å². The van der Waals surface area contributed by atoms with Crippen molar-refractivity contribution in [1.29, 1.82) is 0 Å². The van der Waals surface area contributed by atoms with Crippen molar-refractivity contribution < 1.29 is 4.79 Å². The van der Waals surface area contributed by atoms with Crippen molar-refractivity contribution in [3.63, 3.8) is 0 Å². The summed E-state index contributed by atoms with van der Waals surface area (Å²) >= 11 is 3.35. The zero-order valence-corrected chi connectivity index (χ0v) is 11.2. The van der Waals surface area contributed by atoms with Crippen LogP contribution in [0, 0.1) is 0 Å². The molecule has 0 saturated heterocycles. The highest BCUT2D eigenvalue weighted by Crippen LogP contribution is 2.23. The lowest BCUT2D eigenvalue weighted by atomic mass is 10.1. The Morgan fingerprint density at radius 1 is 1.24 bits per heavy atom. The SMILES string of the molecule is CC[C@@H](Br)C(=O)Nc1cccc2ccccc12. The Morgan fingerprint density at radius 2 is 1.94 bits per heavy atom. The van der Waals surface area contributed by atoms with Gasteiger partial charge in [-0.25, -0.2) is 0 Å². The number of rotatable bonds is 3. The number of carbonyl (C=O) groups excluding carboxylic acids is 1. The summed E-state index contributed by atoms with van der Waals surface area (Å²) in [5.41, 5.74) is 0.867. The molecule has 88 valence electrons. The van der Waals surface area contributed by atoms with E-state index in [9.17, 15) is 4.79 Å². The van der Waals surface area contributed by atoms with Gasteiger partial charge in [0.2, 0.25) is 5.91 Å². The number of benzene rings is 2. The van der Waals surface area contributed by atoms with Crippen LogP contribution in [0.4, 0.5) is 5.69 Å². The predicted molar refractivity (Wildman–Crippen MR) is 75.6 cm³/mol. The second kappa shape index (κ2) is 5.32. The summed E-state index contributed by atoms with van der Waals surface area (Å²) in [6.45, 7) is 1.97. The van der Waals surface area contributed by atoms with Gasteiger partial charge in [0.15, 0.2) is 0 Å². The zero-order chi connectivity index (χ0) is 12.3. The maximum absolute atomic E-state index is 11.8. The van der Waals surface area contributed by atoms with Crippen LogP contribution in [0.5, 0.6) is 0 Å². The first-order chi connectivity index (χ1) is 8.22. The molecule has 1 atom stereocenters. The third kappa shape index (κ3) is 2.67. The molecule has 2 aromatic rings. The molecule has 2 aromatic carbocycles. The number of anilines is 1. The van der Waals surface area contributed by atoms with Crippen LogP contribution in [0.1, 0.15) is 13.3 Å². The number of amides is 1. The van der Waals surface area contributed by atoms with E-state index in [0.29, 0.717) is 0 Å². The van der Waals surface area contributed by atoms with Crippen LogP contribution in [0.25, 0.3) is 10.8 Å². The summed E-state index contributed by atoms with van der Waals surface area (Å²) in [4.78, 5) is 11.7. The molecule has 3 heteroatoms. The minimum Gasteiger partial charge on any atom is -0.325 e. The summed E-state index contributed by atoms with van der Waals surface area (Å²) in [5, 5.41) is 5.15. The Bertz CT molecular complexity index is 533. The van der Waals surface area contributed by atoms with Crippen molar-refractivity contribution in [2.45, 2.75) is 18.2 Å². The first-order valence-corrected chi connectivity index (χ1v) is 6.56. The van der Waals surface area contributed by atoms with Gasteiger partial charge in [-0.3, -0.25) is 4.79 Å². The molecule has 2 nitrogen and oxygen atoms in total. The summed E-state index contributed by atoms with van der Waals surface area (Å²) in [6, 6.07) is 13.9. The van der Waals surface area contributed by atoms with Gasteiger partial charge in [-0.1, -0.05) is 59.3 Å². The van der Waals surface area contributed by atoms with E-state index in [1.54, 1.807) is 0 Å². The average molecular weight is 292 g/mol. The van der Waals surface area contributed by atoms with Gasteiger partial charge in [0, 0.05) is 11.1 Å². The molecule has 1 amide bonds. The van der Waals surface area contributed by atoms with Crippen LogP contribution in [0.3, 0.4) is 0 Å². The fraction of sp³-hybridized carbons (Fsp3) is 0.214. The molecular weight excluding hydrogens is 278 g/mol. The van der Waals surface area contributed by atoms with E-state index >= 15 is 0 Å². The molecule has 0 aliphatic heterocycles. The normalized spacial score (nSPS) is 12.4. The van der Waals surface area contributed by atoms with Gasteiger partial charge in [-0.15, -0.1) is 0 Å². The van der Waals surface area contributed by atoms with Gasteiger partial charge in [-0.05, 0) is 17.9 Å². The van der Waals surface area contributed by atoms with E-state index in [1.165, 1.54) is 0 Å². The molecule has 0 aliphatic rings. The lowest BCUT2D eigenvalue weighted by molar-refractivity contribution is -0.115. The second-order valence-corrected chi connectivity index (χ2v) is 5.00. The van der Waals surface area contributed by atoms with E-state index < -0.39 is 0 Å². The van der Waals surface area contributed by atoms with E-state index in [-0.39, 0.29) is 10.7 Å². The minimum absolute atomic E-state index is 0.00357. The maximum atomic E-state index is 11.8. The number of alkyl halides is 1. The molecule has 0 saturated carbocycles. The van der Waals surface area contributed by atoms with Crippen molar-refractivity contribution in [3.8, 4) is 0 Å². The van der Waals surface area contributed by atoms with E-state index in [1.807, 2.05) is 49.4 Å². The third-order valence-electron chi connectivity index (χ3n) is 2.69. The summed E-state index contributed by atoms with van der Waals surface area (Å²) in [6.07, 6.45) is 0.774. The van der Waals surface area contributed by atoms with Crippen LogP contribution < -0.4 is 5.32 Å². The Balaban J connectivity index is 2.33. The average Bonchev–Trinajstić information content (AvgIpc) is 2.38. The van der Waals surface area contributed by atoms with Gasteiger partial charge in [0.1, 0.15) is 0 Å². The Hall–Kier alpha value is -1.35. The standard InChI is InChI=1S/C14H14BrNO/c1-2-12(15)14(17)16-13-9-5-7-10-6-3-4-8-11(10)13/h3-9,12H,2H2,1H3,(H,16,17)/t12-/m1/s1. The topological polar surface area (TPSA) is 29.1 Å². The molecule has 0 heterocycles. The number of nitrogens with one attached hydrogen (secondary N) is 1. The summed E-state index contributed by atoms with van der Waals surface area (Å²) < 4.78 is 0. The van der Waals surface area contributed by atoms with Gasteiger partial charge in [-0.2, -0.15) is 0 Å². The Morgan fingerprint density at radius 3 is 2.71 bits per heavy atom. The number of halogens is 1. The summed E-state index contributed by atoms with van der Waals surface area (Å²) in [5.74, 6) is 0.00357. The van der Waals surface area contributed by atoms with E-state index in [2.05, 4.69) is 21.2 Å². The molecule has 0 radical (unpaired) electrons. The smallest absolute Gasteiger partial charge is 0.238 e. The van der Waals surface area contributed by atoms with Gasteiger partial charge < -0.3 is 5.32 Å². The fourth-order valence-corrected chi connectivity index (χ4v) is 1.85. The lowest BCUT2D eigenvalue weighted by Gasteiger charge is -2.11. The monoisotopic (exact) mass is 291 g/mol. The van der Waals surface area contributed by atoms with Crippen molar-refractivity contribution in [1.82, 2.24) is 0 Å². The number of hydrogen-bond acceptors (Lipinski definition) is 1. The van der Waals surface area contributed by atoms with Crippen molar-refractivity contribution >= 4 is 38.3 Å². The lowest BCUT2D eigenvalue weighted by Crippen LogP contribution is -2.22. The second-order valence-electron chi connectivity index (χ2n) is 3.89. The van der Waals surface area contributed by atoms with E-state index in [0.717, 1.165) is 22.9 Å². The molecule has 1 N–H and O–H groups in total. The molecular formula is C14H14BrNO. The van der Waals surface area contributed by atoms with Crippen molar-refractivity contribution in [2.75, 3.05) is 5.32 Å². The molecule has 0 aromatic heterocycles. The highest BCUT2D eigenvalue weighted by molar-refractivity contribution is 9.10. The highest BCUT2D eigenvalue weighted by Gasteiger charge is 2.13. The first-order valence-electron chi connectivity index (χ1n) is 5.65. The maximum Gasteiger partial charge on any atom is 0.238 e. The van der Waals surface area contributed by atoms with E-state index in [4.69, 9.17) is 0 Å². The number of hydrogen-bond donors (Lipinski definition) is 1. The summed E-state index contributed by atoms with van der Waals surface area (Å²) in [7, 11) is 0. The fourth-order valence-electron chi connectivity index (χ4n) is 1.73. The minimum atomic E-state index is -0.138. The molecule has 0 aliphatic carbocycles. The molecule has 0 unspecified atom stereocenters. The molecule has 2 rings (SSSR count). The number of fused-ring (bicyclic) bond motifs is 1. The van der Waals surface area contributed by atoms with Crippen LogP contribution >= 0.6 is 15.9 Å². The molecule has 17 heavy (non-hydrogen) atoms. The highest BCUT2D eigenvalue weighted by atomic mass is 79.9. The van der Waals surface area contributed by atoms with Crippen LogP contribution in [-0.2, 0) is 4.79 Å². The van der Waals surface area contributed by atoms with Crippen LogP contribution in [-0.4, -0.2) is 10.7 Å². The Kier molecular flexibility index (Phi) is 3.79. The van der Waals surface area contributed by atoms with Crippen molar-refractivity contribution in [3.05, 3.63) is 42.5 Å². The van der Waals surface area contributed by atoms with Gasteiger partial charge in [0.05, 0.1) is 4.83 Å². The largest absolute Gasteiger partial charge is 0.325 e. The van der Waals surface area contributed by atoms with Crippen LogP contribution in [0.15, 0.2) is 42.5 Å². The Labute approximate surface area is 109 Å². The quantitative estimate of drug-likeness (QED) is 0.853. The predicted octanol–water partition coefficient (Wildman–Crippen LogP) is 3.95. The molecule has 0 spiro atoms. The zero-order valence-electron chi connectivity index (χ0n) is 9.61.